The minimum Gasteiger partial charge on any atom is -0.338 e. The van der Waals surface area contributed by atoms with Gasteiger partial charge in [-0.3, -0.25) is 4.79 Å². The zero-order valence-corrected chi connectivity index (χ0v) is 13.2. The molecule has 0 spiro atoms. The Morgan fingerprint density at radius 2 is 1.95 bits per heavy atom. The number of carbonyl (C=O) groups is 1. The van der Waals surface area contributed by atoms with Crippen LogP contribution in [-0.2, 0) is 21.2 Å². The van der Waals surface area contributed by atoms with Crippen molar-refractivity contribution >= 4 is 15.7 Å². The maximum atomic E-state index is 13.7. The second kappa shape index (κ2) is 6.73. The highest BCUT2D eigenvalue weighted by Crippen LogP contribution is 2.23. The largest absolute Gasteiger partial charge is 0.338 e. The van der Waals surface area contributed by atoms with Crippen molar-refractivity contribution in [2.45, 2.75) is 26.3 Å². The van der Waals surface area contributed by atoms with Gasteiger partial charge >= 0.3 is 0 Å². The zero-order valence-electron chi connectivity index (χ0n) is 12.4. The third-order valence-corrected chi connectivity index (χ3v) is 5.77. The number of benzene rings is 1. The third-order valence-electron chi connectivity index (χ3n) is 3.94. The minimum absolute atomic E-state index is 0.0182. The van der Waals surface area contributed by atoms with Crippen LogP contribution in [0.5, 0.6) is 0 Å². The fraction of sp³-hybridized carbons (Fsp3) is 0.533. The Morgan fingerprint density at radius 1 is 1.32 bits per heavy atom. The minimum atomic E-state index is -3.04. The lowest BCUT2D eigenvalue weighted by molar-refractivity contribution is -0.132. The molecule has 4 nitrogen and oxygen atoms in total. The second-order valence-corrected chi connectivity index (χ2v) is 7.81. The number of carbonyl (C=O) groups excluding carboxylic acids is 1. The Morgan fingerprint density at radius 3 is 2.45 bits per heavy atom. The predicted octanol–water partition coefficient (Wildman–Crippen LogP) is 2.14. The van der Waals surface area contributed by atoms with Gasteiger partial charge in [0.1, 0.15) is 11.6 Å². The average Bonchev–Trinajstić information content (AvgIpc) is 2.77. The van der Waals surface area contributed by atoms with Gasteiger partial charge < -0.3 is 4.90 Å². The van der Waals surface area contributed by atoms with Gasteiger partial charge in [0.2, 0.25) is 5.91 Å². The van der Waals surface area contributed by atoms with Gasteiger partial charge in [0.15, 0.2) is 9.84 Å². The van der Waals surface area contributed by atoms with Gasteiger partial charge in [0, 0.05) is 18.5 Å². The first kappa shape index (κ1) is 16.9. The summed E-state index contributed by atoms with van der Waals surface area (Å²) in [4.78, 5) is 13.6. The second-order valence-electron chi connectivity index (χ2n) is 5.58. The topological polar surface area (TPSA) is 54.5 Å². The van der Waals surface area contributed by atoms with Crippen LogP contribution in [0, 0.1) is 17.6 Å². The number of halogens is 2. The fourth-order valence-electron chi connectivity index (χ4n) is 2.66. The Bertz CT molecular complexity index is 641. The molecule has 1 amide bonds. The average molecular weight is 331 g/mol. The van der Waals surface area contributed by atoms with Gasteiger partial charge in [0.05, 0.1) is 18.1 Å². The summed E-state index contributed by atoms with van der Waals surface area (Å²) in [6.45, 7) is 1.89. The zero-order chi connectivity index (χ0) is 16.3. The highest BCUT2D eigenvalue weighted by Gasteiger charge is 2.30. The summed E-state index contributed by atoms with van der Waals surface area (Å²) in [5.41, 5.74) is -0.142. The van der Waals surface area contributed by atoms with Crippen molar-refractivity contribution in [3.8, 4) is 0 Å². The first-order chi connectivity index (χ1) is 10.3. The molecule has 0 radical (unpaired) electrons. The molecule has 1 heterocycles. The molecule has 1 unspecified atom stereocenters. The SMILES string of the molecule is CCN(Cc1c(F)cccc1F)C(=O)CC1CCS(=O)(=O)C1. The van der Waals surface area contributed by atoms with Crippen molar-refractivity contribution in [1.82, 2.24) is 4.90 Å². The van der Waals surface area contributed by atoms with Crippen LogP contribution >= 0.6 is 0 Å². The van der Waals surface area contributed by atoms with E-state index in [1.165, 1.54) is 11.0 Å². The summed E-state index contributed by atoms with van der Waals surface area (Å²) in [7, 11) is -3.04. The van der Waals surface area contributed by atoms with Crippen LogP contribution in [0.4, 0.5) is 8.78 Å². The highest BCUT2D eigenvalue weighted by atomic mass is 32.2. The molecule has 122 valence electrons. The van der Waals surface area contributed by atoms with Crippen molar-refractivity contribution in [2.24, 2.45) is 5.92 Å². The van der Waals surface area contributed by atoms with Crippen molar-refractivity contribution in [1.29, 1.82) is 0 Å². The molecule has 0 N–H and O–H groups in total. The molecule has 1 aromatic rings. The van der Waals surface area contributed by atoms with Crippen molar-refractivity contribution in [3.63, 3.8) is 0 Å². The van der Waals surface area contributed by atoms with Gasteiger partial charge in [-0.25, -0.2) is 17.2 Å². The highest BCUT2D eigenvalue weighted by molar-refractivity contribution is 7.91. The molecule has 1 aliphatic heterocycles. The van der Waals surface area contributed by atoms with Crippen LogP contribution in [0.2, 0.25) is 0 Å². The van der Waals surface area contributed by atoms with Crippen LogP contribution < -0.4 is 0 Å². The Balaban J connectivity index is 2.04. The standard InChI is InChI=1S/C15H19F2NO3S/c1-2-18(9-12-13(16)4-3-5-14(12)17)15(19)8-11-6-7-22(20,21)10-11/h3-5,11H,2,6-10H2,1H3. The number of rotatable bonds is 5. The van der Waals surface area contributed by atoms with Crippen LogP contribution in [0.25, 0.3) is 0 Å². The van der Waals surface area contributed by atoms with Crippen LogP contribution in [0.3, 0.4) is 0 Å². The molecule has 1 aromatic carbocycles. The molecule has 1 fully saturated rings. The maximum absolute atomic E-state index is 13.7. The molecular weight excluding hydrogens is 312 g/mol. The van der Waals surface area contributed by atoms with E-state index in [4.69, 9.17) is 0 Å². The van der Waals surface area contributed by atoms with Gasteiger partial charge in [-0.05, 0) is 31.4 Å². The molecular formula is C15H19F2NO3S. The van der Waals surface area contributed by atoms with Crippen molar-refractivity contribution in [2.75, 3.05) is 18.1 Å². The monoisotopic (exact) mass is 331 g/mol. The fourth-order valence-corrected chi connectivity index (χ4v) is 4.52. The third kappa shape index (κ3) is 4.03. The summed E-state index contributed by atoms with van der Waals surface area (Å²) in [6.07, 6.45) is 0.572. The molecule has 1 aliphatic rings. The van der Waals surface area contributed by atoms with E-state index in [2.05, 4.69) is 0 Å². The van der Waals surface area contributed by atoms with Gasteiger partial charge in [-0.2, -0.15) is 0 Å². The molecule has 1 saturated heterocycles. The van der Waals surface area contributed by atoms with Crippen LogP contribution in [0.15, 0.2) is 18.2 Å². The van der Waals surface area contributed by atoms with Gasteiger partial charge in [-0.15, -0.1) is 0 Å². The smallest absolute Gasteiger partial charge is 0.223 e. The van der Waals surface area contributed by atoms with E-state index < -0.39 is 21.5 Å². The van der Waals surface area contributed by atoms with Crippen LogP contribution in [0.1, 0.15) is 25.3 Å². The number of sulfone groups is 1. The van der Waals surface area contributed by atoms with E-state index in [1.807, 2.05) is 0 Å². The van der Waals surface area contributed by atoms with E-state index in [0.29, 0.717) is 13.0 Å². The molecule has 2 rings (SSSR count). The lowest BCUT2D eigenvalue weighted by Crippen LogP contribution is -2.32. The first-order valence-electron chi connectivity index (χ1n) is 7.23. The molecule has 0 aliphatic carbocycles. The van der Waals surface area contributed by atoms with Crippen molar-refractivity contribution in [3.05, 3.63) is 35.4 Å². The van der Waals surface area contributed by atoms with E-state index in [0.717, 1.165) is 12.1 Å². The number of hydrogen-bond donors (Lipinski definition) is 0. The van der Waals surface area contributed by atoms with Crippen molar-refractivity contribution < 1.29 is 22.0 Å². The van der Waals surface area contributed by atoms with E-state index in [-0.39, 0.29) is 41.9 Å². The van der Waals surface area contributed by atoms with Gasteiger partial charge in [0.25, 0.3) is 0 Å². The number of nitrogens with zero attached hydrogens (tertiary/aromatic N) is 1. The summed E-state index contributed by atoms with van der Waals surface area (Å²) in [6, 6.07) is 3.58. The van der Waals surface area contributed by atoms with E-state index in [9.17, 15) is 22.0 Å². The normalized spacial score (nSPS) is 20.0. The molecule has 0 saturated carbocycles. The quantitative estimate of drug-likeness (QED) is 0.831. The first-order valence-corrected chi connectivity index (χ1v) is 9.05. The molecule has 1 atom stereocenters. The summed E-state index contributed by atoms with van der Waals surface area (Å²) in [5.74, 6) is -1.71. The predicted molar refractivity (Wildman–Crippen MR) is 78.8 cm³/mol. The Labute approximate surface area is 129 Å². The number of hydrogen-bond acceptors (Lipinski definition) is 3. The number of amides is 1. The van der Waals surface area contributed by atoms with Gasteiger partial charge in [-0.1, -0.05) is 6.07 Å². The molecule has 0 aromatic heterocycles. The van der Waals surface area contributed by atoms with E-state index >= 15 is 0 Å². The summed E-state index contributed by atoms with van der Waals surface area (Å²) < 4.78 is 50.2. The lowest BCUT2D eigenvalue weighted by Gasteiger charge is -2.23. The lowest BCUT2D eigenvalue weighted by atomic mass is 10.0. The molecule has 0 bridgehead atoms. The maximum Gasteiger partial charge on any atom is 0.223 e. The Hall–Kier alpha value is -1.50. The Kier molecular flexibility index (Phi) is 5.16. The van der Waals surface area contributed by atoms with E-state index in [1.54, 1.807) is 6.92 Å². The van der Waals surface area contributed by atoms with Crippen LogP contribution in [-0.4, -0.2) is 37.3 Å². The molecule has 22 heavy (non-hydrogen) atoms. The summed E-state index contributed by atoms with van der Waals surface area (Å²) >= 11 is 0. The molecule has 7 heteroatoms. The summed E-state index contributed by atoms with van der Waals surface area (Å²) in [5, 5.41) is 0.